The standard InChI is InChI=1S/C13H19NO2/c1-16-11-8-6-10(7-9-11)14-12-4-2-3-5-13(12)15/h6-9,12-15H,2-5H2,1H3. The highest BCUT2D eigenvalue weighted by Crippen LogP contribution is 2.23. The van der Waals surface area contributed by atoms with Crippen LogP contribution in [-0.2, 0) is 0 Å². The third-order valence-electron chi connectivity index (χ3n) is 3.17. The number of nitrogens with one attached hydrogen (secondary N) is 1. The minimum absolute atomic E-state index is 0.196. The predicted molar refractivity (Wildman–Crippen MR) is 64.9 cm³/mol. The summed E-state index contributed by atoms with van der Waals surface area (Å²) in [6, 6.07) is 8.03. The zero-order valence-electron chi connectivity index (χ0n) is 9.65. The highest BCUT2D eigenvalue weighted by atomic mass is 16.5. The van der Waals surface area contributed by atoms with Gasteiger partial charge < -0.3 is 15.2 Å². The maximum atomic E-state index is 9.84. The molecule has 16 heavy (non-hydrogen) atoms. The van der Waals surface area contributed by atoms with Crippen molar-refractivity contribution in [2.75, 3.05) is 12.4 Å². The monoisotopic (exact) mass is 221 g/mol. The Labute approximate surface area is 96.4 Å². The van der Waals surface area contributed by atoms with Crippen molar-refractivity contribution in [3.8, 4) is 5.75 Å². The van der Waals surface area contributed by atoms with Crippen molar-refractivity contribution in [3.63, 3.8) is 0 Å². The molecule has 3 heteroatoms. The molecule has 1 saturated carbocycles. The van der Waals surface area contributed by atoms with E-state index >= 15 is 0 Å². The lowest BCUT2D eigenvalue weighted by Crippen LogP contribution is -2.36. The number of anilines is 1. The van der Waals surface area contributed by atoms with Crippen LogP contribution in [0.1, 0.15) is 25.7 Å². The Morgan fingerprint density at radius 3 is 2.50 bits per heavy atom. The molecule has 88 valence electrons. The van der Waals surface area contributed by atoms with Gasteiger partial charge in [0.1, 0.15) is 5.75 Å². The van der Waals surface area contributed by atoms with Crippen LogP contribution in [0.3, 0.4) is 0 Å². The summed E-state index contributed by atoms with van der Waals surface area (Å²) in [5.74, 6) is 0.856. The molecule has 3 nitrogen and oxygen atoms in total. The third kappa shape index (κ3) is 2.67. The van der Waals surface area contributed by atoms with Gasteiger partial charge in [-0.2, -0.15) is 0 Å². The smallest absolute Gasteiger partial charge is 0.119 e. The van der Waals surface area contributed by atoms with Gasteiger partial charge in [-0.3, -0.25) is 0 Å². The molecule has 1 aromatic carbocycles. The molecule has 2 atom stereocenters. The Morgan fingerprint density at radius 2 is 1.88 bits per heavy atom. The van der Waals surface area contributed by atoms with Gasteiger partial charge in [-0.05, 0) is 37.1 Å². The first kappa shape index (κ1) is 11.3. The molecule has 0 bridgehead atoms. The number of methoxy groups -OCH3 is 1. The van der Waals surface area contributed by atoms with Gasteiger partial charge in [-0.25, -0.2) is 0 Å². The number of benzene rings is 1. The van der Waals surface area contributed by atoms with Crippen molar-refractivity contribution in [2.45, 2.75) is 37.8 Å². The number of hydrogen-bond donors (Lipinski definition) is 2. The molecule has 1 aliphatic carbocycles. The normalized spacial score (nSPS) is 25.1. The lowest BCUT2D eigenvalue weighted by Gasteiger charge is -2.29. The summed E-state index contributed by atoms with van der Waals surface area (Å²) in [5.41, 5.74) is 1.05. The van der Waals surface area contributed by atoms with Crippen molar-refractivity contribution in [1.82, 2.24) is 0 Å². The largest absolute Gasteiger partial charge is 0.497 e. The highest BCUT2D eigenvalue weighted by molar-refractivity contribution is 5.47. The van der Waals surface area contributed by atoms with Gasteiger partial charge in [0.25, 0.3) is 0 Å². The van der Waals surface area contributed by atoms with Crippen LogP contribution in [0.5, 0.6) is 5.75 Å². The van der Waals surface area contributed by atoms with E-state index in [1.165, 1.54) is 6.42 Å². The second-order valence-electron chi connectivity index (χ2n) is 4.33. The lowest BCUT2D eigenvalue weighted by atomic mass is 9.92. The Kier molecular flexibility index (Phi) is 3.67. The van der Waals surface area contributed by atoms with E-state index in [9.17, 15) is 5.11 Å². The van der Waals surface area contributed by atoms with Gasteiger partial charge in [-0.15, -0.1) is 0 Å². The molecule has 0 amide bonds. The van der Waals surface area contributed by atoms with Gasteiger partial charge in [-0.1, -0.05) is 12.8 Å². The number of hydrogen-bond acceptors (Lipinski definition) is 3. The quantitative estimate of drug-likeness (QED) is 0.823. The summed E-state index contributed by atoms with van der Waals surface area (Å²) in [6.07, 6.45) is 4.09. The minimum Gasteiger partial charge on any atom is -0.497 e. The molecular formula is C13H19NO2. The number of aliphatic hydroxyl groups excluding tert-OH is 1. The van der Waals surface area contributed by atoms with Crippen LogP contribution in [0, 0.1) is 0 Å². The Balaban J connectivity index is 1.96. The molecule has 1 aromatic rings. The van der Waals surface area contributed by atoms with E-state index in [0.717, 1.165) is 30.7 Å². The van der Waals surface area contributed by atoms with Gasteiger partial charge in [0.15, 0.2) is 0 Å². The molecule has 1 fully saturated rings. The fraction of sp³-hybridized carbons (Fsp3) is 0.538. The minimum atomic E-state index is -0.212. The van der Waals surface area contributed by atoms with Crippen molar-refractivity contribution in [1.29, 1.82) is 0 Å². The van der Waals surface area contributed by atoms with E-state index in [1.807, 2.05) is 24.3 Å². The zero-order chi connectivity index (χ0) is 11.4. The van der Waals surface area contributed by atoms with E-state index in [-0.39, 0.29) is 12.1 Å². The topological polar surface area (TPSA) is 41.5 Å². The van der Waals surface area contributed by atoms with E-state index in [1.54, 1.807) is 7.11 Å². The van der Waals surface area contributed by atoms with Gasteiger partial charge in [0, 0.05) is 5.69 Å². The molecule has 0 aromatic heterocycles. The molecule has 0 aliphatic heterocycles. The average molecular weight is 221 g/mol. The molecule has 2 unspecified atom stereocenters. The molecule has 0 saturated heterocycles. The van der Waals surface area contributed by atoms with E-state index in [2.05, 4.69) is 5.32 Å². The van der Waals surface area contributed by atoms with Crippen LogP contribution in [0.15, 0.2) is 24.3 Å². The van der Waals surface area contributed by atoms with Crippen LogP contribution in [0.25, 0.3) is 0 Å². The van der Waals surface area contributed by atoms with Crippen molar-refractivity contribution >= 4 is 5.69 Å². The Hall–Kier alpha value is -1.22. The van der Waals surface area contributed by atoms with Gasteiger partial charge in [0.2, 0.25) is 0 Å². The number of aliphatic hydroxyl groups is 1. The van der Waals surface area contributed by atoms with Crippen LogP contribution in [-0.4, -0.2) is 24.4 Å². The first-order valence-electron chi connectivity index (χ1n) is 5.88. The van der Waals surface area contributed by atoms with Crippen molar-refractivity contribution < 1.29 is 9.84 Å². The molecular weight excluding hydrogens is 202 g/mol. The molecule has 0 radical (unpaired) electrons. The summed E-state index contributed by atoms with van der Waals surface area (Å²) in [5, 5.41) is 13.2. The third-order valence-corrected chi connectivity index (χ3v) is 3.17. The molecule has 2 N–H and O–H groups in total. The molecule has 1 aliphatic rings. The van der Waals surface area contributed by atoms with Gasteiger partial charge in [0.05, 0.1) is 19.3 Å². The maximum absolute atomic E-state index is 9.84. The van der Waals surface area contributed by atoms with E-state index < -0.39 is 0 Å². The zero-order valence-corrected chi connectivity index (χ0v) is 9.65. The van der Waals surface area contributed by atoms with Crippen LogP contribution < -0.4 is 10.1 Å². The average Bonchev–Trinajstić information content (AvgIpc) is 2.33. The Morgan fingerprint density at radius 1 is 1.19 bits per heavy atom. The fourth-order valence-corrected chi connectivity index (χ4v) is 2.18. The number of ether oxygens (including phenoxy) is 1. The summed E-state index contributed by atoms with van der Waals surface area (Å²) in [4.78, 5) is 0. The molecule has 0 heterocycles. The van der Waals surface area contributed by atoms with Crippen LogP contribution in [0.4, 0.5) is 5.69 Å². The highest BCUT2D eigenvalue weighted by Gasteiger charge is 2.22. The summed E-state index contributed by atoms with van der Waals surface area (Å²) in [7, 11) is 1.66. The second kappa shape index (κ2) is 5.21. The van der Waals surface area contributed by atoms with E-state index in [4.69, 9.17) is 4.74 Å². The molecule has 2 rings (SSSR count). The molecule has 0 spiro atoms. The predicted octanol–water partition coefficient (Wildman–Crippen LogP) is 2.41. The second-order valence-corrected chi connectivity index (χ2v) is 4.33. The summed E-state index contributed by atoms with van der Waals surface area (Å²) >= 11 is 0. The first-order chi connectivity index (χ1) is 7.79. The van der Waals surface area contributed by atoms with Crippen molar-refractivity contribution in [2.24, 2.45) is 0 Å². The lowest BCUT2D eigenvalue weighted by molar-refractivity contribution is 0.116. The summed E-state index contributed by atoms with van der Waals surface area (Å²) < 4.78 is 5.10. The number of rotatable bonds is 3. The SMILES string of the molecule is COc1ccc(NC2CCCCC2O)cc1. The van der Waals surface area contributed by atoms with Crippen LogP contribution >= 0.6 is 0 Å². The first-order valence-corrected chi connectivity index (χ1v) is 5.88. The fourth-order valence-electron chi connectivity index (χ4n) is 2.18. The summed E-state index contributed by atoms with van der Waals surface area (Å²) in [6.45, 7) is 0. The Bertz CT molecular complexity index is 323. The van der Waals surface area contributed by atoms with Crippen LogP contribution in [0.2, 0.25) is 0 Å². The van der Waals surface area contributed by atoms with Crippen molar-refractivity contribution in [3.05, 3.63) is 24.3 Å². The van der Waals surface area contributed by atoms with Gasteiger partial charge >= 0.3 is 0 Å². The van der Waals surface area contributed by atoms with E-state index in [0.29, 0.717) is 0 Å². The maximum Gasteiger partial charge on any atom is 0.119 e.